The van der Waals surface area contributed by atoms with Crippen molar-refractivity contribution in [1.82, 2.24) is 15.2 Å². The van der Waals surface area contributed by atoms with E-state index in [0.717, 1.165) is 44.1 Å². The lowest BCUT2D eigenvalue weighted by molar-refractivity contribution is 0.296. The number of guanidine groups is 1. The predicted molar refractivity (Wildman–Crippen MR) is 123 cm³/mol. The van der Waals surface area contributed by atoms with E-state index in [4.69, 9.17) is 0 Å². The zero-order chi connectivity index (χ0) is 20.5. The van der Waals surface area contributed by atoms with Crippen molar-refractivity contribution in [2.24, 2.45) is 4.99 Å². The van der Waals surface area contributed by atoms with Crippen molar-refractivity contribution >= 4 is 17.3 Å². The van der Waals surface area contributed by atoms with Crippen molar-refractivity contribution in [2.75, 3.05) is 20.1 Å². The monoisotopic (exact) mass is 414 g/mol. The first-order valence-corrected chi connectivity index (χ1v) is 11.7. The van der Waals surface area contributed by atoms with E-state index in [1.165, 1.54) is 37.0 Å². The first-order chi connectivity index (χ1) is 14.1. The van der Waals surface area contributed by atoms with Crippen LogP contribution in [0.4, 0.5) is 0 Å². The van der Waals surface area contributed by atoms with Gasteiger partial charge in [-0.1, -0.05) is 31.4 Å². The molecule has 1 fully saturated rings. The van der Waals surface area contributed by atoms with Crippen LogP contribution in [0.1, 0.15) is 55.5 Å². The molecule has 0 unspecified atom stereocenters. The fraction of sp³-hybridized carbons (Fsp3) is 0.565. The Labute approximate surface area is 178 Å². The van der Waals surface area contributed by atoms with Crippen LogP contribution in [0.15, 0.2) is 45.5 Å². The summed E-state index contributed by atoms with van der Waals surface area (Å²) in [6.45, 7) is 4.54. The van der Waals surface area contributed by atoms with Crippen LogP contribution in [0.25, 0.3) is 0 Å². The second-order valence-corrected chi connectivity index (χ2v) is 8.98. The zero-order valence-electron chi connectivity index (χ0n) is 17.7. The van der Waals surface area contributed by atoms with Crippen LogP contribution in [0.5, 0.6) is 0 Å². The third kappa shape index (κ3) is 5.72. The summed E-state index contributed by atoms with van der Waals surface area (Å²) in [6, 6.07) is 9.90. The molecular weight excluding hydrogens is 380 g/mol. The average Bonchev–Trinajstić information content (AvgIpc) is 3.28. The summed E-state index contributed by atoms with van der Waals surface area (Å²) in [5.41, 5.74) is 1.35. The molecule has 2 aromatic rings. The molecule has 0 spiro atoms. The Bertz CT molecular complexity index is 835. The number of hydrogen-bond donors (Lipinski definition) is 2. The lowest BCUT2D eigenvalue weighted by Gasteiger charge is -2.37. The second-order valence-electron chi connectivity index (χ2n) is 8.03. The Morgan fingerprint density at radius 3 is 2.66 bits per heavy atom. The highest BCUT2D eigenvalue weighted by molar-refractivity contribution is 7.10. The molecule has 1 saturated carbocycles. The Hall–Kier alpha value is -2.08. The van der Waals surface area contributed by atoms with Gasteiger partial charge < -0.3 is 15.2 Å². The summed E-state index contributed by atoms with van der Waals surface area (Å²) in [6.07, 6.45) is 8.44. The molecule has 0 aliphatic heterocycles. The number of aromatic nitrogens is 1. The highest BCUT2D eigenvalue weighted by atomic mass is 32.1. The summed E-state index contributed by atoms with van der Waals surface area (Å²) in [5, 5.41) is 9.22. The highest BCUT2D eigenvalue weighted by Crippen LogP contribution is 2.41. The van der Waals surface area contributed by atoms with Gasteiger partial charge in [-0.3, -0.25) is 9.79 Å². The lowest BCUT2D eigenvalue weighted by Crippen LogP contribution is -2.46. The molecule has 2 aromatic heterocycles. The molecule has 1 aliphatic carbocycles. The van der Waals surface area contributed by atoms with Gasteiger partial charge in [0.15, 0.2) is 5.96 Å². The quantitative estimate of drug-likeness (QED) is 0.389. The van der Waals surface area contributed by atoms with Gasteiger partial charge in [-0.15, -0.1) is 11.3 Å². The summed E-state index contributed by atoms with van der Waals surface area (Å²) in [5.74, 6) is 0.875. The molecule has 2 N–H and O–H groups in total. The molecule has 0 atom stereocenters. The van der Waals surface area contributed by atoms with E-state index >= 15 is 0 Å². The first kappa shape index (κ1) is 21.6. The first-order valence-electron chi connectivity index (χ1n) is 10.8. The number of rotatable bonds is 8. The summed E-state index contributed by atoms with van der Waals surface area (Å²) in [7, 11) is 1.83. The minimum absolute atomic E-state index is 0.0850. The minimum Gasteiger partial charge on any atom is -0.356 e. The molecule has 158 valence electrons. The maximum absolute atomic E-state index is 11.9. The van der Waals surface area contributed by atoms with Crippen LogP contribution in [0.2, 0.25) is 0 Å². The molecule has 2 heterocycles. The number of thiophene rings is 1. The number of pyridine rings is 1. The molecule has 0 aromatic carbocycles. The maximum Gasteiger partial charge on any atom is 0.250 e. The van der Waals surface area contributed by atoms with Crippen LogP contribution in [0.3, 0.4) is 0 Å². The third-order valence-electron chi connectivity index (χ3n) is 6.04. The van der Waals surface area contributed by atoms with Gasteiger partial charge >= 0.3 is 0 Å². The molecule has 29 heavy (non-hydrogen) atoms. The van der Waals surface area contributed by atoms with Gasteiger partial charge in [0.2, 0.25) is 0 Å². The number of hydrogen-bond acceptors (Lipinski definition) is 3. The number of nitrogens with one attached hydrogen (secondary N) is 2. The van der Waals surface area contributed by atoms with E-state index in [-0.39, 0.29) is 11.0 Å². The summed E-state index contributed by atoms with van der Waals surface area (Å²) < 4.78 is 1.85. The second kappa shape index (κ2) is 10.6. The molecule has 5 nitrogen and oxygen atoms in total. The van der Waals surface area contributed by atoms with Gasteiger partial charge in [0.05, 0.1) is 0 Å². The molecule has 3 rings (SSSR count). The molecule has 0 saturated heterocycles. The normalized spacial score (nSPS) is 16.6. The molecule has 0 bridgehead atoms. The third-order valence-corrected chi connectivity index (χ3v) is 7.16. The van der Waals surface area contributed by atoms with Gasteiger partial charge in [0.1, 0.15) is 0 Å². The van der Waals surface area contributed by atoms with E-state index in [0.29, 0.717) is 0 Å². The van der Waals surface area contributed by atoms with Gasteiger partial charge in [-0.05, 0) is 50.1 Å². The van der Waals surface area contributed by atoms with E-state index in [2.05, 4.69) is 33.1 Å². The standard InChI is InChI=1S/C23H34N4OS/c1-19-10-8-12-21(28)27(19)16-7-6-15-25-22(24-2)26-18-23(13-4-3-5-14-23)20-11-9-17-29-20/h8-12,17H,3-7,13-16,18H2,1-2H3,(H2,24,25,26). The fourth-order valence-corrected chi connectivity index (χ4v) is 5.29. The smallest absolute Gasteiger partial charge is 0.250 e. The molecule has 0 radical (unpaired) electrons. The zero-order valence-corrected chi connectivity index (χ0v) is 18.6. The number of aliphatic imine (C=N–C) groups is 1. The van der Waals surface area contributed by atoms with Crippen LogP contribution >= 0.6 is 11.3 Å². The topological polar surface area (TPSA) is 58.4 Å². The Morgan fingerprint density at radius 2 is 1.97 bits per heavy atom. The summed E-state index contributed by atoms with van der Waals surface area (Å²) in [4.78, 5) is 17.9. The van der Waals surface area contributed by atoms with E-state index in [1.807, 2.05) is 42.0 Å². The lowest BCUT2D eigenvalue weighted by atomic mass is 9.73. The van der Waals surface area contributed by atoms with Crippen LogP contribution in [-0.4, -0.2) is 30.7 Å². The van der Waals surface area contributed by atoms with Gasteiger partial charge in [0.25, 0.3) is 5.56 Å². The van der Waals surface area contributed by atoms with E-state index < -0.39 is 0 Å². The van der Waals surface area contributed by atoms with Gasteiger partial charge in [0, 0.05) is 48.7 Å². The van der Waals surface area contributed by atoms with Crippen molar-refractivity contribution < 1.29 is 0 Å². The average molecular weight is 415 g/mol. The minimum atomic E-state index is 0.0850. The fourth-order valence-electron chi connectivity index (χ4n) is 4.30. The van der Waals surface area contributed by atoms with Crippen molar-refractivity contribution in [3.63, 3.8) is 0 Å². The number of unbranched alkanes of at least 4 members (excludes halogenated alkanes) is 1. The predicted octanol–water partition coefficient (Wildman–Crippen LogP) is 4.07. The van der Waals surface area contributed by atoms with Crippen molar-refractivity contribution in [3.05, 3.63) is 56.6 Å². The Morgan fingerprint density at radius 1 is 1.14 bits per heavy atom. The maximum atomic E-state index is 11.9. The Kier molecular flexibility index (Phi) is 7.92. The van der Waals surface area contributed by atoms with Crippen LogP contribution < -0.4 is 16.2 Å². The molecule has 6 heteroatoms. The number of aryl methyl sites for hydroxylation is 1. The molecule has 0 amide bonds. The Balaban J connectivity index is 1.45. The number of nitrogens with zero attached hydrogens (tertiary/aromatic N) is 2. The van der Waals surface area contributed by atoms with Crippen LogP contribution in [-0.2, 0) is 12.0 Å². The molecular formula is C23H34N4OS. The van der Waals surface area contributed by atoms with Crippen molar-refractivity contribution in [2.45, 2.75) is 63.8 Å². The van der Waals surface area contributed by atoms with Gasteiger partial charge in [-0.2, -0.15) is 0 Å². The SMILES string of the molecule is CN=C(NCCCCn1c(C)cccc1=O)NCC1(c2cccs2)CCCCC1. The largest absolute Gasteiger partial charge is 0.356 e. The van der Waals surface area contributed by atoms with E-state index in [9.17, 15) is 4.79 Å². The summed E-state index contributed by atoms with van der Waals surface area (Å²) >= 11 is 1.88. The van der Waals surface area contributed by atoms with Gasteiger partial charge in [-0.25, -0.2) is 0 Å². The van der Waals surface area contributed by atoms with Crippen molar-refractivity contribution in [3.8, 4) is 0 Å². The van der Waals surface area contributed by atoms with Crippen molar-refractivity contribution in [1.29, 1.82) is 0 Å². The van der Waals surface area contributed by atoms with Crippen LogP contribution in [0, 0.1) is 6.92 Å². The highest BCUT2D eigenvalue weighted by Gasteiger charge is 2.34. The van der Waals surface area contributed by atoms with E-state index in [1.54, 1.807) is 6.07 Å². The molecule has 1 aliphatic rings.